The highest BCUT2D eigenvalue weighted by Crippen LogP contribution is 2.30. The summed E-state index contributed by atoms with van der Waals surface area (Å²) in [5, 5.41) is 3.02. The minimum Gasteiger partial charge on any atom is -0.497 e. The second-order valence-corrected chi connectivity index (χ2v) is 9.74. The Bertz CT molecular complexity index is 1270. The summed E-state index contributed by atoms with van der Waals surface area (Å²) in [6, 6.07) is 14.4. The van der Waals surface area contributed by atoms with Gasteiger partial charge in [-0.1, -0.05) is 12.8 Å². The zero-order valence-electron chi connectivity index (χ0n) is 19.5. The number of ether oxygens (including phenoxy) is 3. The largest absolute Gasteiger partial charge is 0.497 e. The first kappa shape index (κ1) is 24.3. The number of nitrogens with one attached hydrogen (secondary N) is 2. The van der Waals surface area contributed by atoms with E-state index in [4.69, 9.17) is 14.2 Å². The number of benzene rings is 2. The van der Waals surface area contributed by atoms with Crippen LogP contribution in [-0.4, -0.2) is 39.6 Å². The van der Waals surface area contributed by atoms with Gasteiger partial charge >= 0.3 is 0 Å². The van der Waals surface area contributed by atoms with E-state index < -0.39 is 10.0 Å². The predicted molar refractivity (Wildman–Crippen MR) is 131 cm³/mol. The minimum atomic E-state index is -3.93. The summed E-state index contributed by atoms with van der Waals surface area (Å²) in [6.45, 7) is 0. The molecule has 0 saturated heterocycles. The van der Waals surface area contributed by atoms with Gasteiger partial charge in [-0.05, 0) is 55.3 Å². The molecule has 1 aliphatic rings. The van der Waals surface area contributed by atoms with Gasteiger partial charge in [0.2, 0.25) is 5.88 Å². The smallest absolute Gasteiger partial charge is 0.265 e. The zero-order chi connectivity index (χ0) is 24.8. The molecule has 10 heteroatoms. The van der Waals surface area contributed by atoms with Crippen molar-refractivity contribution < 1.29 is 27.4 Å². The molecule has 0 spiro atoms. The van der Waals surface area contributed by atoms with Gasteiger partial charge in [-0.3, -0.25) is 9.52 Å². The van der Waals surface area contributed by atoms with E-state index in [-0.39, 0.29) is 22.6 Å². The van der Waals surface area contributed by atoms with Crippen LogP contribution in [-0.2, 0) is 10.0 Å². The van der Waals surface area contributed by atoms with Crippen LogP contribution in [0.4, 0.5) is 5.69 Å². The molecule has 0 bridgehead atoms. The molecular formula is C25H27N3O6S. The Morgan fingerprint density at radius 3 is 2.29 bits per heavy atom. The van der Waals surface area contributed by atoms with Gasteiger partial charge in [0, 0.05) is 30.1 Å². The summed E-state index contributed by atoms with van der Waals surface area (Å²) in [6.07, 6.45) is 5.79. The molecule has 1 saturated carbocycles. The van der Waals surface area contributed by atoms with E-state index in [1.165, 1.54) is 32.5 Å². The van der Waals surface area contributed by atoms with Gasteiger partial charge in [-0.15, -0.1) is 0 Å². The second-order valence-electron chi connectivity index (χ2n) is 8.09. The van der Waals surface area contributed by atoms with Gasteiger partial charge in [0.15, 0.2) is 0 Å². The van der Waals surface area contributed by atoms with Gasteiger partial charge in [0.05, 0.1) is 19.8 Å². The molecule has 1 aromatic heterocycles. The van der Waals surface area contributed by atoms with E-state index in [0.717, 1.165) is 25.7 Å². The summed E-state index contributed by atoms with van der Waals surface area (Å²) in [4.78, 5) is 16.5. The number of anilines is 1. The Hall–Kier alpha value is -3.79. The summed E-state index contributed by atoms with van der Waals surface area (Å²) >= 11 is 0. The van der Waals surface area contributed by atoms with E-state index in [1.54, 1.807) is 42.5 Å². The molecule has 1 fully saturated rings. The Labute approximate surface area is 204 Å². The maximum atomic E-state index is 12.9. The maximum Gasteiger partial charge on any atom is 0.265 e. The topological polar surface area (TPSA) is 116 Å². The molecule has 184 valence electrons. The predicted octanol–water partition coefficient (Wildman–Crippen LogP) is 4.36. The van der Waals surface area contributed by atoms with Crippen LogP contribution >= 0.6 is 0 Å². The number of sulfonamides is 1. The van der Waals surface area contributed by atoms with Crippen molar-refractivity contribution in [3.8, 4) is 23.1 Å². The van der Waals surface area contributed by atoms with Crippen LogP contribution in [0.5, 0.6) is 23.1 Å². The van der Waals surface area contributed by atoms with Crippen LogP contribution in [0.25, 0.3) is 0 Å². The van der Waals surface area contributed by atoms with Crippen molar-refractivity contribution in [2.45, 2.75) is 36.6 Å². The number of pyridine rings is 1. The number of hydrogen-bond acceptors (Lipinski definition) is 7. The van der Waals surface area contributed by atoms with Crippen LogP contribution in [0.1, 0.15) is 36.0 Å². The lowest BCUT2D eigenvalue weighted by Crippen LogP contribution is -2.32. The van der Waals surface area contributed by atoms with Gasteiger partial charge in [0.25, 0.3) is 15.9 Å². The number of methoxy groups -OCH3 is 2. The molecule has 1 amide bonds. The first-order valence-corrected chi connectivity index (χ1v) is 12.7. The molecule has 2 aromatic carbocycles. The molecule has 4 rings (SSSR count). The molecule has 2 N–H and O–H groups in total. The van der Waals surface area contributed by atoms with Crippen LogP contribution in [0.3, 0.4) is 0 Å². The average molecular weight is 498 g/mol. The highest BCUT2D eigenvalue weighted by atomic mass is 32.2. The summed E-state index contributed by atoms with van der Waals surface area (Å²) in [7, 11) is -1.07. The lowest BCUT2D eigenvalue weighted by molar-refractivity contribution is 0.0937. The summed E-state index contributed by atoms with van der Waals surface area (Å²) in [5.41, 5.74) is 0.816. The van der Waals surface area contributed by atoms with E-state index in [9.17, 15) is 13.2 Å². The number of aromatic nitrogens is 1. The highest BCUT2D eigenvalue weighted by molar-refractivity contribution is 7.92. The van der Waals surface area contributed by atoms with Crippen molar-refractivity contribution in [1.29, 1.82) is 0 Å². The van der Waals surface area contributed by atoms with Crippen molar-refractivity contribution in [3.63, 3.8) is 0 Å². The second kappa shape index (κ2) is 10.6. The number of carbonyl (C=O) groups excluding carboxylic acids is 1. The average Bonchev–Trinajstić information content (AvgIpc) is 3.38. The van der Waals surface area contributed by atoms with Gasteiger partial charge in [0.1, 0.15) is 22.1 Å². The third kappa shape index (κ3) is 6.02. The molecule has 0 unspecified atom stereocenters. The highest BCUT2D eigenvalue weighted by Gasteiger charge is 2.21. The quantitative estimate of drug-likeness (QED) is 0.451. The third-order valence-electron chi connectivity index (χ3n) is 5.68. The van der Waals surface area contributed by atoms with Gasteiger partial charge in [-0.2, -0.15) is 0 Å². The molecular weight excluding hydrogens is 470 g/mol. The lowest BCUT2D eigenvalue weighted by Gasteiger charge is -2.13. The Balaban J connectivity index is 1.40. The minimum absolute atomic E-state index is 0.0408. The van der Waals surface area contributed by atoms with E-state index in [0.29, 0.717) is 28.6 Å². The fraction of sp³-hybridized carbons (Fsp3) is 0.280. The first-order chi connectivity index (χ1) is 16.9. The monoisotopic (exact) mass is 497 g/mol. The Morgan fingerprint density at radius 1 is 0.943 bits per heavy atom. The van der Waals surface area contributed by atoms with Gasteiger partial charge < -0.3 is 19.5 Å². The van der Waals surface area contributed by atoms with Crippen molar-refractivity contribution in [2.75, 3.05) is 18.9 Å². The first-order valence-electron chi connectivity index (χ1n) is 11.2. The summed E-state index contributed by atoms with van der Waals surface area (Å²) < 4.78 is 44.4. The number of amides is 1. The van der Waals surface area contributed by atoms with Gasteiger partial charge in [-0.25, -0.2) is 13.4 Å². The van der Waals surface area contributed by atoms with Crippen molar-refractivity contribution in [1.82, 2.24) is 10.3 Å². The van der Waals surface area contributed by atoms with E-state index in [1.807, 2.05) is 0 Å². The number of hydrogen-bond donors (Lipinski definition) is 2. The van der Waals surface area contributed by atoms with E-state index in [2.05, 4.69) is 15.0 Å². The number of rotatable bonds is 9. The molecule has 0 aliphatic heterocycles. The fourth-order valence-electron chi connectivity index (χ4n) is 3.83. The Kier molecular flexibility index (Phi) is 7.40. The molecule has 0 atom stereocenters. The fourth-order valence-corrected chi connectivity index (χ4v) is 5.07. The normalized spacial score (nSPS) is 13.8. The maximum absolute atomic E-state index is 12.9. The Morgan fingerprint density at radius 2 is 1.66 bits per heavy atom. The summed E-state index contributed by atoms with van der Waals surface area (Å²) in [5.74, 6) is 1.23. The van der Waals surface area contributed by atoms with Crippen molar-refractivity contribution >= 4 is 21.6 Å². The molecule has 3 aromatic rings. The number of carbonyl (C=O) groups is 1. The van der Waals surface area contributed by atoms with Crippen LogP contribution in [0, 0.1) is 0 Å². The molecule has 1 aliphatic carbocycles. The van der Waals surface area contributed by atoms with E-state index >= 15 is 0 Å². The molecule has 9 nitrogen and oxygen atoms in total. The van der Waals surface area contributed by atoms with Crippen molar-refractivity contribution in [3.05, 3.63) is 66.4 Å². The molecule has 0 radical (unpaired) electrons. The number of nitrogens with zero attached hydrogens (tertiary/aromatic N) is 1. The molecule has 1 heterocycles. The lowest BCUT2D eigenvalue weighted by atomic mass is 10.2. The van der Waals surface area contributed by atoms with Crippen LogP contribution in [0.2, 0.25) is 0 Å². The van der Waals surface area contributed by atoms with Crippen molar-refractivity contribution in [2.24, 2.45) is 0 Å². The third-order valence-corrected chi connectivity index (χ3v) is 7.08. The van der Waals surface area contributed by atoms with Crippen LogP contribution < -0.4 is 24.2 Å². The standard InChI is InChI=1S/C25H27N3O6S/c1-32-21-12-13-22(33-2)23(15-21)35(30,31)28-19-8-10-20(11-9-19)34-24-14-7-17(16-26-24)25(29)27-18-5-3-4-6-18/h7-16,18,28H,3-6H2,1-2H3,(H,27,29). The molecule has 35 heavy (non-hydrogen) atoms. The zero-order valence-corrected chi connectivity index (χ0v) is 20.3. The van der Waals surface area contributed by atoms with Crippen LogP contribution in [0.15, 0.2) is 65.7 Å². The SMILES string of the molecule is COc1ccc(OC)c(S(=O)(=O)Nc2ccc(Oc3ccc(C(=O)NC4CCCC4)cn3)cc2)c1.